The van der Waals surface area contributed by atoms with Crippen molar-refractivity contribution in [2.45, 2.75) is 0 Å². The third-order valence-corrected chi connectivity index (χ3v) is 4.83. The molecule has 0 aliphatic rings. The Balaban J connectivity index is 2.39. The maximum absolute atomic E-state index is 11.5. The van der Waals surface area contributed by atoms with E-state index in [1.165, 1.54) is 12.1 Å². The molecule has 0 amide bonds. The highest BCUT2D eigenvalue weighted by Gasteiger charge is 2.08. The summed E-state index contributed by atoms with van der Waals surface area (Å²) in [6, 6.07) is 5.98. The van der Waals surface area contributed by atoms with Gasteiger partial charge in [0.15, 0.2) is 0 Å². The Bertz CT molecular complexity index is 594. The van der Waals surface area contributed by atoms with Crippen molar-refractivity contribution in [3.05, 3.63) is 29.8 Å². The SMILES string of the molecule is CS(=O)(=O)CCS(=O)CCOc1cccc(C(=O)O)c1. The molecule has 0 aliphatic heterocycles. The lowest BCUT2D eigenvalue weighted by atomic mass is 10.2. The number of aromatic carboxylic acids is 1. The van der Waals surface area contributed by atoms with Gasteiger partial charge in [0, 0.05) is 22.8 Å². The number of carbonyl (C=O) groups is 1. The number of benzene rings is 1. The van der Waals surface area contributed by atoms with Gasteiger partial charge in [-0.3, -0.25) is 4.21 Å². The highest BCUT2D eigenvalue weighted by molar-refractivity contribution is 7.92. The van der Waals surface area contributed by atoms with Crippen LogP contribution in [0.15, 0.2) is 24.3 Å². The normalized spacial score (nSPS) is 12.8. The van der Waals surface area contributed by atoms with Crippen molar-refractivity contribution in [2.75, 3.05) is 30.1 Å². The number of carboxylic acids is 1. The van der Waals surface area contributed by atoms with Gasteiger partial charge in [0.05, 0.1) is 23.7 Å². The Morgan fingerprint density at radius 1 is 1.35 bits per heavy atom. The van der Waals surface area contributed by atoms with Crippen molar-refractivity contribution in [1.29, 1.82) is 0 Å². The summed E-state index contributed by atoms with van der Waals surface area (Å²) >= 11 is 0. The molecule has 8 heteroatoms. The molecule has 0 heterocycles. The highest BCUT2D eigenvalue weighted by Crippen LogP contribution is 2.13. The second-order valence-corrected chi connectivity index (χ2v) is 8.12. The van der Waals surface area contributed by atoms with E-state index in [-0.39, 0.29) is 29.4 Å². The van der Waals surface area contributed by atoms with Crippen LogP contribution in [0.4, 0.5) is 0 Å². The second-order valence-electron chi connectivity index (χ2n) is 4.16. The van der Waals surface area contributed by atoms with Gasteiger partial charge in [0.2, 0.25) is 0 Å². The Hall–Kier alpha value is -1.41. The Labute approximate surface area is 120 Å². The molecule has 1 aromatic carbocycles. The molecule has 0 fully saturated rings. The maximum atomic E-state index is 11.5. The number of carboxylic acid groups (broad SMARTS) is 1. The van der Waals surface area contributed by atoms with Crippen LogP contribution in [0.3, 0.4) is 0 Å². The fourth-order valence-electron chi connectivity index (χ4n) is 1.32. The summed E-state index contributed by atoms with van der Waals surface area (Å²) in [4.78, 5) is 10.8. The molecule has 6 nitrogen and oxygen atoms in total. The first-order valence-electron chi connectivity index (χ1n) is 5.77. The first-order valence-corrected chi connectivity index (χ1v) is 9.31. The largest absolute Gasteiger partial charge is 0.493 e. The van der Waals surface area contributed by atoms with Gasteiger partial charge in [-0.05, 0) is 18.2 Å². The van der Waals surface area contributed by atoms with Crippen LogP contribution in [0.1, 0.15) is 10.4 Å². The molecule has 1 N–H and O–H groups in total. The zero-order valence-electron chi connectivity index (χ0n) is 10.9. The molecule has 0 radical (unpaired) electrons. The van der Waals surface area contributed by atoms with Gasteiger partial charge in [0.25, 0.3) is 0 Å². The number of hydrogen-bond donors (Lipinski definition) is 1. The van der Waals surface area contributed by atoms with Gasteiger partial charge in [-0.1, -0.05) is 6.07 Å². The first kappa shape index (κ1) is 16.6. The fraction of sp³-hybridized carbons (Fsp3) is 0.417. The van der Waals surface area contributed by atoms with E-state index in [9.17, 15) is 17.4 Å². The number of ether oxygens (including phenoxy) is 1. The highest BCUT2D eigenvalue weighted by atomic mass is 32.2. The molecule has 0 spiro atoms. The van der Waals surface area contributed by atoms with Crippen molar-refractivity contribution in [3.8, 4) is 5.75 Å². The number of sulfone groups is 1. The molecule has 0 saturated carbocycles. The van der Waals surface area contributed by atoms with Crippen LogP contribution in [-0.2, 0) is 20.6 Å². The lowest BCUT2D eigenvalue weighted by Crippen LogP contribution is -2.17. The van der Waals surface area contributed by atoms with Crippen molar-refractivity contribution >= 4 is 26.6 Å². The van der Waals surface area contributed by atoms with Gasteiger partial charge < -0.3 is 9.84 Å². The smallest absolute Gasteiger partial charge is 0.335 e. The Morgan fingerprint density at radius 2 is 2.05 bits per heavy atom. The lowest BCUT2D eigenvalue weighted by Gasteiger charge is -2.06. The number of rotatable bonds is 8. The summed E-state index contributed by atoms with van der Waals surface area (Å²) in [5.41, 5.74) is 0.112. The summed E-state index contributed by atoms with van der Waals surface area (Å²) in [6.07, 6.45) is 1.10. The summed E-state index contributed by atoms with van der Waals surface area (Å²) in [7, 11) is -4.39. The van der Waals surface area contributed by atoms with Gasteiger partial charge in [-0.15, -0.1) is 0 Å². The van der Waals surface area contributed by atoms with Crippen molar-refractivity contribution in [2.24, 2.45) is 0 Å². The third-order valence-electron chi connectivity index (χ3n) is 2.34. The molecular formula is C12H16O6S2. The Morgan fingerprint density at radius 3 is 2.65 bits per heavy atom. The fourth-order valence-corrected chi connectivity index (χ4v) is 3.75. The summed E-state index contributed by atoms with van der Waals surface area (Å²) in [6.45, 7) is 0.138. The predicted molar refractivity (Wildman–Crippen MR) is 76.5 cm³/mol. The minimum Gasteiger partial charge on any atom is -0.493 e. The van der Waals surface area contributed by atoms with Crippen LogP contribution >= 0.6 is 0 Å². The average Bonchev–Trinajstić information content (AvgIpc) is 2.36. The molecule has 0 saturated heterocycles. The summed E-state index contributed by atoms with van der Waals surface area (Å²) < 4.78 is 38.6. The molecule has 1 atom stereocenters. The zero-order valence-corrected chi connectivity index (χ0v) is 12.6. The standard InChI is InChI=1S/C12H16O6S2/c1-20(16,17)8-7-19(15)6-5-18-11-4-2-3-10(9-11)12(13)14/h2-4,9H,5-8H2,1H3,(H,13,14). The second kappa shape index (κ2) is 7.39. The van der Waals surface area contributed by atoms with Crippen molar-refractivity contribution < 1.29 is 27.3 Å². The van der Waals surface area contributed by atoms with Crippen molar-refractivity contribution in [3.63, 3.8) is 0 Å². The molecule has 1 rings (SSSR count). The van der Waals surface area contributed by atoms with Crippen LogP contribution in [0.25, 0.3) is 0 Å². The third kappa shape index (κ3) is 6.67. The van der Waals surface area contributed by atoms with E-state index in [1.54, 1.807) is 12.1 Å². The van der Waals surface area contributed by atoms with E-state index in [0.717, 1.165) is 6.26 Å². The van der Waals surface area contributed by atoms with Gasteiger partial charge in [0.1, 0.15) is 15.6 Å². The monoisotopic (exact) mass is 320 g/mol. The maximum Gasteiger partial charge on any atom is 0.335 e. The van der Waals surface area contributed by atoms with Crippen LogP contribution < -0.4 is 4.74 Å². The summed E-state index contributed by atoms with van der Waals surface area (Å²) in [5.74, 6) is -0.504. The predicted octanol–water partition coefficient (Wildman–Crippen LogP) is 0.557. The zero-order chi connectivity index (χ0) is 15.2. The minimum atomic E-state index is -3.11. The molecular weight excluding hydrogens is 304 g/mol. The van der Waals surface area contributed by atoms with E-state index in [1.807, 2.05) is 0 Å². The van der Waals surface area contributed by atoms with Crippen LogP contribution in [0.2, 0.25) is 0 Å². The van der Waals surface area contributed by atoms with Crippen LogP contribution in [-0.4, -0.2) is 53.8 Å². The minimum absolute atomic E-state index is 0.0807. The average molecular weight is 320 g/mol. The van der Waals surface area contributed by atoms with Crippen LogP contribution in [0, 0.1) is 0 Å². The molecule has 1 unspecified atom stereocenters. The molecule has 20 heavy (non-hydrogen) atoms. The van der Waals surface area contributed by atoms with E-state index in [4.69, 9.17) is 9.84 Å². The molecule has 0 aromatic heterocycles. The van der Waals surface area contributed by atoms with E-state index >= 15 is 0 Å². The first-order chi connectivity index (χ1) is 9.28. The number of hydrogen-bond acceptors (Lipinski definition) is 5. The van der Waals surface area contributed by atoms with Gasteiger partial charge in [-0.25, -0.2) is 13.2 Å². The van der Waals surface area contributed by atoms with Crippen LogP contribution in [0.5, 0.6) is 5.75 Å². The quantitative estimate of drug-likeness (QED) is 0.751. The lowest BCUT2D eigenvalue weighted by molar-refractivity contribution is 0.0696. The molecule has 112 valence electrons. The van der Waals surface area contributed by atoms with E-state index < -0.39 is 26.6 Å². The van der Waals surface area contributed by atoms with Gasteiger partial charge in [-0.2, -0.15) is 0 Å². The van der Waals surface area contributed by atoms with E-state index in [0.29, 0.717) is 5.75 Å². The molecule has 0 bridgehead atoms. The van der Waals surface area contributed by atoms with Crippen molar-refractivity contribution in [1.82, 2.24) is 0 Å². The molecule has 0 aliphatic carbocycles. The van der Waals surface area contributed by atoms with E-state index in [2.05, 4.69) is 0 Å². The topological polar surface area (TPSA) is 97.7 Å². The van der Waals surface area contributed by atoms with Gasteiger partial charge >= 0.3 is 5.97 Å². The summed E-state index contributed by atoms with van der Waals surface area (Å²) in [5, 5.41) is 8.81. The Kier molecular flexibility index (Phi) is 6.15. The molecule has 1 aromatic rings.